The number of anilines is 2. The Kier molecular flexibility index (Phi) is 4.44. The molecule has 0 radical (unpaired) electrons. The van der Waals surface area contributed by atoms with E-state index in [2.05, 4.69) is 29.3 Å². The zero-order chi connectivity index (χ0) is 17.2. The summed E-state index contributed by atoms with van der Waals surface area (Å²) in [4.78, 5) is 15.9. The summed E-state index contributed by atoms with van der Waals surface area (Å²) < 4.78 is 11.1. The Labute approximate surface area is 151 Å². The molecule has 0 unspecified atom stereocenters. The van der Waals surface area contributed by atoms with Crippen LogP contribution in [0.4, 0.5) is 11.4 Å². The number of carbonyl (C=O) groups excluding carboxylic acids is 1. The van der Waals surface area contributed by atoms with Gasteiger partial charge in [-0.15, -0.1) is 11.8 Å². The number of rotatable bonds is 3. The van der Waals surface area contributed by atoms with Crippen LogP contribution < -0.4 is 19.7 Å². The van der Waals surface area contributed by atoms with Crippen molar-refractivity contribution < 1.29 is 14.3 Å². The number of nitrogens with one attached hydrogen (secondary N) is 1. The van der Waals surface area contributed by atoms with E-state index in [1.807, 2.05) is 42.1 Å². The van der Waals surface area contributed by atoms with Gasteiger partial charge in [0.1, 0.15) is 13.2 Å². The Morgan fingerprint density at radius 3 is 2.88 bits per heavy atom. The second kappa shape index (κ2) is 6.88. The van der Waals surface area contributed by atoms with Gasteiger partial charge >= 0.3 is 0 Å². The summed E-state index contributed by atoms with van der Waals surface area (Å²) in [6.07, 6.45) is 0. The number of hydrogen-bond donors (Lipinski definition) is 1. The van der Waals surface area contributed by atoms with E-state index in [9.17, 15) is 4.79 Å². The van der Waals surface area contributed by atoms with Gasteiger partial charge in [0.25, 0.3) is 0 Å². The van der Waals surface area contributed by atoms with E-state index in [0.29, 0.717) is 30.8 Å². The van der Waals surface area contributed by atoms with E-state index in [1.54, 1.807) is 0 Å². The molecule has 5 nitrogen and oxygen atoms in total. The number of thioether (sulfide) groups is 1. The standard InChI is InChI=1S/C19H20N2O3S/c1-13-11-21(15-4-2-3-5-18(15)25-13)12-19(22)20-14-6-7-16-17(10-14)24-9-8-23-16/h2-7,10,13H,8-9,11-12H2,1H3,(H,20,22)/t13-/m1/s1. The van der Waals surface area contributed by atoms with E-state index in [1.165, 1.54) is 4.90 Å². The van der Waals surface area contributed by atoms with Crippen LogP contribution in [-0.4, -0.2) is 37.5 Å². The lowest BCUT2D eigenvalue weighted by atomic mass is 10.2. The summed E-state index contributed by atoms with van der Waals surface area (Å²) in [5.41, 5.74) is 1.85. The predicted octanol–water partition coefficient (Wildman–Crippen LogP) is 3.40. The number of para-hydroxylation sites is 1. The molecule has 0 saturated heterocycles. The minimum Gasteiger partial charge on any atom is -0.486 e. The highest BCUT2D eigenvalue weighted by Crippen LogP contribution is 2.38. The fraction of sp³-hybridized carbons (Fsp3) is 0.316. The van der Waals surface area contributed by atoms with Crippen LogP contribution in [0.1, 0.15) is 6.92 Å². The first kappa shape index (κ1) is 16.1. The van der Waals surface area contributed by atoms with Crippen LogP contribution in [0.25, 0.3) is 0 Å². The molecule has 2 aliphatic heterocycles. The summed E-state index contributed by atoms with van der Waals surface area (Å²) in [6, 6.07) is 13.7. The molecule has 6 heteroatoms. The molecule has 25 heavy (non-hydrogen) atoms. The number of ether oxygens (including phenoxy) is 2. The van der Waals surface area contributed by atoms with Gasteiger partial charge in [0.15, 0.2) is 11.5 Å². The van der Waals surface area contributed by atoms with E-state index >= 15 is 0 Å². The highest BCUT2D eigenvalue weighted by molar-refractivity contribution is 8.00. The van der Waals surface area contributed by atoms with E-state index in [4.69, 9.17) is 9.47 Å². The maximum atomic E-state index is 12.5. The van der Waals surface area contributed by atoms with Gasteiger partial charge in [0, 0.05) is 28.4 Å². The van der Waals surface area contributed by atoms with Crippen LogP contribution >= 0.6 is 11.8 Å². The maximum Gasteiger partial charge on any atom is 0.243 e. The summed E-state index contributed by atoms with van der Waals surface area (Å²) in [6.45, 7) is 4.46. The van der Waals surface area contributed by atoms with Crippen LogP contribution in [0.15, 0.2) is 47.4 Å². The molecular weight excluding hydrogens is 336 g/mol. The Morgan fingerprint density at radius 1 is 1.20 bits per heavy atom. The van der Waals surface area contributed by atoms with Crippen LogP contribution in [0.2, 0.25) is 0 Å². The molecule has 1 atom stereocenters. The molecule has 0 spiro atoms. The minimum atomic E-state index is -0.0365. The Morgan fingerprint density at radius 2 is 2.00 bits per heavy atom. The molecule has 0 aliphatic carbocycles. The number of hydrogen-bond acceptors (Lipinski definition) is 5. The first-order valence-electron chi connectivity index (χ1n) is 8.39. The van der Waals surface area contributed by atoms with Gasteiger partial charge in [-0.1, -0.05) is 19.1 Å². The molecule has 130 valence electrons. The maximum absolute atomic E-state index is 12.5. The Bertz CT molecular complexity index is 796. The van der Waals surface area contributed by atoms with Crippen LogP contribution in [0.3, 0.4) is 0 Å². The van der Waals surface area contributed by atoms with Gasteiger partial charge in [0.2, 0.25) is 5.91 Å². The van der Waals surface area contributed by atoms with Crippen molar-refractivity contribution in [3.05, 3.63) is 42.5 Å². The van der Waals surface area contributed by atoms with Crippen molar-refractivity contribution in [2.24, 2.45) is 0 Å². The highest BCUT2D eigenvalue weighted by Gasteiger charge is 2.23. The van der Waals surface area contributed by atoms with Gasteiger partial charge in [0.05, 0.1) is 12.2 Å². The molecule has 4 rings (SSSR count). The summed E-state index contributed by atoms with van der Waals surface area (Å²) in [5.74, 6) is 1.36. The van der Waals surface area contributed by atoms with Crippen LogP contribution in [0.5, 0.6) is 11.5 Å². The monoisotopic (exact) mass is 356 g/mol. The molecule has 2 heterocycles. The summed E-state index contributed by atoms with van der Waals surface area (Å²) >= 11 is 1.86. The van der Waals surface area contributed by atoms with Gasteiger partial charge < -0.3 is 19.7 Å². The molecule has 2 aromatic carbocycles. The largest absolute Gasteiger partial charge is 0.486 e. The molecule has 1 amide bonds. The molecule has 0 bridgehead atoms. The fourth-order valence-corrected chi connectivity index (χ4v) is 4.29. The van der Waals surface area contributed by atoms with E-state index in [0.717, 1.165) is 23.7 Å². The average Bonchev–Trinajstić information content (AvgIpc) is 2.61. The topological polar surface area (TPSA) is 50.8 Å². The van der Waals surface area contributed by atoms with E-state index < -0.39 is 0 Å². The van der Waals surface area contributed by atoms with Gasteiger partial charge in [-0.05, 0) is 24.3 Å². The van der Waals surface area contributed by atoms with Gasteiger partial charge in [-0.25, -0.2) is 0 Å². The molecule has 0 fully saturated rings. The van der Waals surface area contributed by atoms with Crippen molar-refractivity contribution in [2.45, 2.75) is 17.1 Å². The second-order valence-electron chi connectivity index (χ2n) is 6.18. The third-order valence-corrected chi connectivity index (χ3v) is 5.32. The molecule has 2 aromatic rings. The first-order valence-corrected chi connectivity index (χ1v) is 9.27. The predicted molar refractivity (Wildman–Crippen MR) is 100 cm³/mol. The minimum absolute atomic E-state index is 0.0365. The fourth-order valence-electron chi connectivity index (χ4n) is 3.13. The SMILES string of the molecule is C[C@@H]1CN(CC(=O)Nc2ccc3c(c2)OCCO3)c2ccccc2S1. The first-order chi connectivity index (χ1) is 12.2. The molecule has 1 N–H and O–H groups in total. The lowest BCUT2D eigenvalue weighted by Gasteiger charge is -2.33. The zero-order valence-corrected chi connectivity index (χ0v) is 14.8. The third-order valence-electron chi connectivity index (χ3n) is 4.17. The van der Waals surface area contributed by atoms with Crippen molar-refractivity contribution in [1.29, 1.82) is 0 Å². The lowest BCUT2D eigenvalue weighted by molar-refractivity contribution is -0.115. The van der Waals surface area contributed by atoms with Gasteiger partial charge in [-0.2, -0.15) is 0 Å². The van der Waals surface area contributed by atoms with Crippen molar-refractivity contribution in [2.75, 3.05) is 36.5 Å². The van der Waals surface area contributed by atoms with Crippen molar-refractivity contribution in [1.82, 2.24) is 0 Å². The second-order valence-corrected chi connectivity index (χ2v) is 7.66. The normalized spacial score (nSPS) is 18.4. The van der Waals surface area contributed by atoms with E-state index in [-0.39, 0.29) is 5.91 Å². The average molecular weight is 356 g/mol. The number of fused-ring (bicyclic) bond motifs is 2. The third kappa shape index (κ3) is 3.54. The number of carbonyl (C=O) groups is 1. The molecular formula is C19H20N2O3S. The molecule has 0 aromatic heterocycles. The number of amides is 1. The quantitative estimate of drug-likeness (QED) is 0.913. The van der Waals surface area contributed by atoms with Crippen LogP contribution in [-0.2, 0) is 4.79 Å². The van der Waals surface area contributed by atoms with Crippen molar-refractivity contribution >= 4 is 29.0 Å². The highest BCUT2D eigenvalue weighted by atomic mass is 32.2. The van der Waals surface area contributed by atoms with Crippen molar-refractivity contribution in [3.63, 3.8) is 0 Å². The molecule has 0 saturated carbocycles. The Hall–Kier alpha value is -2.34. The Balaban J connectivity index is 1.46. The van der Waals surface area contributed by atoms with Gasteiger partial charge in [-0.3, -0.25) is 4.79 Å². The molecule has 2 aliphatic rings. The summed E-state index contributed by atoms with van der Waals surface area (Å²) in [7, 11) is 0. The number of benzene rings is 2. The summed E-state index contributed by atoms with van der Waals surface area (Å²) in [5, 5.41) is 3.42. The zero-order valence-electron chi connectivity index (χ0n) is 14.0. The van der Waals surface area contributed by atoms with Crippen LogP contribution in [0, 0.1) is 0 Å². The number of nitrogens with zero attached hydrogens (tertiary/aromatic N) is 1. The van der Waals surface area contributed by atoms with Crippen molar-refractivity contribution in [3.8, 4) is 11.5 Å². The smallest absolute Gasteiger partial charge is 0.243 e. The lowest BCUT2D eigenvalue weighted by Crippen LogP contribution is -2.39.